The van der Waals surface area contributed by atoms with Crippen molar-refractivity contribution in [3.63, 3.8) is 0 Å². The number of hydrogen-bond donors (Lipinski definition) is 2. The lowest BCUT2D eigenvalue weighted by atomic mass is 10.2. The van der Waals surface area contributed by atoms with Crippen LogP contribution in [0.15, 0.2) is 40.2 Å². The molecule has 0 aliphatic heterocycles. The highest BCUT2D eigenvalue weighted by Gasteiger charge is 2.00. The number of benzene rings is 1. The Kier molecular flexibility index (Phi) is 10.8. The van der Waals surface area contributed by atoms with E-state index < -0.39 is 0 Å². The molecule has 5 nitrogen and oxygen atoms in total. The molecule has 0 saturated heterocycles. The molecule has 6 heteroatoms. The largest absolute Gasteiger partial charge is 0.469 e. The first-order valence-electron chi connectivity index (χ1n) is 7.95. The predicted molar refractivity (Wildman–Crippen MR) is 97.0 cm³/mol. The molecule has 0 heterocycles. The predicted octanol–water partition coefficient (Wildman–Crippen LogP) is 2.68. The first-order valence-corrected chi connectivity index (χ1v) is 8.94. The van der Waals surface area contributed by atoms with Crippen LogP contribution in [0.5, 0.6) is 0 Å². The SMILES string of the molecule is CN=C(NCCCCCC(=O)OC)NCCSc1ccccc1. The zero-order chi connectivity index (χ0) is 16.8. The van der Waals surface area contributed by atoms with Crippen LogP contribution in [0.4, 0.5) is 0 Å². The molecule has 0 fully saturated rings. The van der Waals surface area contributed by atoms with E-state index >= 15 is 0 Å². The van der Waals surface area contributed by atoms with Gasteiger partial charge in [-0.2, -0.15) is 0 Å². The number of rotatable bonds is 10. The Morgan fingerprint density at radius 1 is 1.13 bits per heavy atom. The van der Waals surface area contributed by atoms with Crippen LogP contribution in [-0.2, 0) is 9.53 Å². The van der Waals surface area contributed by atoms with E-state index in [1.54, 1.807) is 7.05 Å². The number of unbranched alkanes of at least 4 members (excludes halogenated alkanes) is 2. The van der Waals surface area contributed by atoms with Gasteiger partial charge in [0.2, 0.25) is 0 Å². The second kappa shape index (κ2) is 12.8. The number of carbonyl (C=O) groups is 1. The lowest BCUT2D eigenvalue weighted by Crippen LogP contribution is -2.38. The van der Waals surface area contributed by atoms with E-state index in [1.807, 2.05) is 17.8 Å². The fraction of sp³-hybridized carbons (Fsp3) is 0.529. The molecule has 0 bridgehead atoms. The van der Waals surface area contributed by atoms with Crippen molar-refractivity contribution in [1.29, 1.82) is 0 Å². The van der Waals surface area contributed by atoms with Gasteiger partial charge in [-0.15, -0.1) is 11.8 Å². The summed E-state index contributed by atoms with van der Waals surface area (Å²) >= 11 is 1.82. The average molecular weight is 337 g/mol. The van der Waals surface area contributed by atoms with E-state index in [9.17, 15) is 4.79 Å². The summed E-state index contributed by atoms with van der Waals surface area (Å²) in [6.07, 6.45) is 3.38. The molecule has 23 heavy (non-hydrogen) atoms. The lowest BCUT2D eigenvalue weighted by Gasteiger charge is -2.11. The van der Waals surface area contributed by atoms with Gasteiger partial charge >= 0.3 is 5.97 Å². The molecule has 0 spiro atoms. The Hall–Kier alpha value is -1.69. The second-order valence-corrected chi connectivity index (χ2v) is 6.14. The van der Waals surface area contributed by atoms with E-state index in [0.29, 0.717) is 6.42 Å². The third-order valence-corrected chi connectivity index (χ3v) is 4.22. The normalized spacial score (nSPS) is 11.1. The van der Waals surface area contributed by atoms with Crippen LogP contribution in [0.2, 0.25) is 0 Å². The number of ether oxygens (including phenoxy) is 1. The molecular formula is C17H27N3O2S. The van der Waals surface area contributed by atoms with Gasteiger partial charge in [0, 0.05) is 37.2 Å². The van der Waals surface area contributed by atoms with Crippen molar-refractivity contribution in [2.75, 3.05) is 33.0 Å². The number of nitrogens with one attached hydrogen (secondary N) is 2. The van der Waals surface area contributed by atoms with Crippen molar-refractivity contribution in [3.05, 3.63) is 30.3 Å². The van der Waals surface area contributed by atoms with Gasteiger partial charge in [-0.05, 0) is 25.0 Å². The summed E-state index contributed by atoms with van der Waals surface area (Å²) in [5, 5.41) is 6.59. The van der Waals surface area contributed by atoms with Gasteiger partial charge in [0.15, 0.2) is 5.96 Å². The standard InChI is InChI=1S/C17H27N3O2S/c1-18-17(19-12-8-4-7-11-16(21)22-2)20-13-14-23-15-9-5-3-6-10-15/h3,5-6,9-10H,4,7-8,11-14H2,1-2H3,(H2,18,19,20). The summed E-state index contributed by atoms with van der Waals surface area (Å²) in [6.45, 7) is 1.72. The molecule has 0 aromatic heterocycles. The van der Waals surface area contributed by atoms with Crippen LogP contribution in [-0.4, -0.2) is 44.9 Å². The third kappa shape index (κ3) is 9.84. The minimum absolute atomic E-state index is 0.133. The molecule has 2 N–H and O–H groups in total. The summed E-state index contributed by atoms with van der Waals surface area (Å²) in [5.74, 6) is 1.68. The number of carbonyl (C=O) groups excluding carboxylic acids is 1. The number of aliphatic imine (C=N–C) groups is 1. The number of guanidine groups is 1. The summed E-state index contributed by atoms with van der Waals surface area (Å²) < 4.78 is 4.61. The number of nitrogens with zero attached hydrogens (tertiary/aromatic N) is 1. The Balaban J connectivity index is 2.03. The number of hydrogen-bond acceptors (Lipinski definition) is 4. The summed E-state index contributed by atoms with van der Waals surface area (Å²) in [4.78, 5) is 16.5. The van der Waals surface area contributed by atoms with Gasteiger partial charge in [0.25, 0.3) is 0 Å². The summed E-state index contributed by atoms with van der Waals surface area (Å²) in [5.41, 5.74) is 0. The number of thioether (sulfide) groups is 1. The molecule has 0 saturated carbocycles. The van der Waals surface area contributed by atoms with E-state index in [2.05, 4.69) is 44.6 Å². The van der Waals surface area contributed by atoms with Crippen molar-refractivity contribution in [1.82, 2.24) is 10.6 Å². The molecule has 0 amide bonds. The van der Waals surface area contributed by atoms with Crippen LogP contribution in [0.1, 0.15) is 25.7 Å². The highest BCUT2D eigenvalue weighted by molar-refractivity contribution is 7.99. The van der Waals surface area contributed by atoms with Gasteiger partial charge in [-0.1, -0.05) is 24.6 Å². The number of methoxy groups -OCH3 is 1. The molecule has 1 aromatic rings. The van der Waals surface area contributed by atoms with Crippen LogP contribution in [0.3, 0.4) is 0 Å². The maximum Gasteiger partial charge on any atom is 0.305 e. The maximum absolute atomic E-state index is 11.0. The first-order chi connectivity index (χ1) is 11.3. The maximum atomic E-state index is 11.0. The molecule has 0 aliphatic carbocycles. The van der Waals surface area contributed by atoms with Crippen LogP contribution in [0.25, 0.3) is 0 Å². The minimum Gasteiger partial charge on any atom is -0.469 e. The van der Waals surface area contributed by atoms with Crippen molar-refractivity contribution in [2.45, 2.75) is 30.6 Å². The van der Waals surface area contributed by atoms with Crippen molar-refractivity contribution < 1.29 is 9.53 Å². The molecule has 128 valence electrons. The van der Waals surface area contributed by atoms with E-state index in [0.717, 1.165) is 44.1 Å². The fourth-order valence-electron chi connectivity index (χ4n) is 1.96. The highest BCUT2D eigenvalue weighted by atomic mass is 32.2. The minimum atomic E-state index is -0.133. The molecule has 0 radical (unpaired) electrons. The zero-order valence-corrected chi connectivity index (χ0v) is 14.8. The third-order valence-electron chi connectivity index (χ3n) is 3.21. The first kappa shape index (κ1) is 19.4. The van der Waals surface area contributed by atoms with Gasteiger partial charge in [0.1, 0.15) is 0 Å². The highest BCUT2D eigenvalue weighted by Crippen LogP contribution is 2.15. The zero-order valence-electron chi connectivity index (χ0n) is 14.0. The van der Waals surface area contributed by atoms with E-state index in [1.165, 1.54) is 12.0 Å². The van der Waals surface area contributed by atoms with Crippen molar-refractivity contribution in [2.24, 2.45) is 4.99 Å². The Bertz CT molecular complexity index is 466. The quantitative estimate of drug-likeness (QED) is 0.226. The molecule has 0 aliphatic rings. The molecule has 0 atom stereocenters. The smallest absolute Gasteiger partial charge is 0.305 e. The van der Waals surface area contributed by atoms with Crippen LogP contribution < -0.4 is 10.6 Å². The average Bonchev–Trinajstić information content (AvgIpc) is 2.60. The van der Waals surface area contributed by atoms with Gasteiger partial charge in [-0.25, -0.2) is 0 Å². The summed E-state index contributed by atoms with van der Waals surface area (Å²) in [7, 11) is 3.20. The Morgan fingerprint density at radius 2 is 1.87 bits per heavy atom. The van der Waals surface area contributed by atoms with Crippen molar-refractivity contribution >= 4 is 23.7 Å². The van der Waals surface area contributed by atoms with Crippen molar-refractivity contribution in [3.8, 4) is 0 Å². The lowest BCUT2D eigenvalue weighted by molar-refractivity contribution is -0.140. The number of esters is 1. The molecule has 1 aromatic carbocycles. The molecular weight excluding hydrogens is 310 g/mol. The van der Waals surface area contributed by atoms with Gasteiger partial charge in [0.05, 0.1) is 7.11 Å². The fourth-order valence-corrected chi connectivity index (χ4v) is 2.75. The van der Waals surface area contributed by atoms with Gasteiger partial charge in [-0.3, -0.25) is 9.79 Å². The van der Waals surface area contributed by atoms with Crippen LogP contribution in [0, 0.1) is 0 Å². The molecule has 1 rings (SSSR count). The van der Waals surface area contributed by atoms with Gasteiger partial charge < -0.3 is 15.4 Å². The second-order valence-electron chi connectivity index (χ2n) is 4.97. The summed E-state index contributed by atoms with van der Waals surface area (Å²) in [6, 6.07) is 10.4. The Morgan fingerprint density at radius 3 is 2.57 bits per heavy atom. The monoisotopic (exact) mass is 337 g/mol. The van der Waals surface area contributed by atoms with Crippen LogP contribution >= 0.6 is 11.8 Å². The van der Waals surface area contributed by atoms with E-state index in [-0.39, 0.29) is 5.97 Å². The topological polar surface area (TPSA) is 62.7 Å². The van der Waals surface area contributed by atoms with E-state index in [4.69, 9.17) is 0 Å². The Labute approximate surface area is 143 Å². The molecule has 0 unspecified atom stereocenters.